The van der Waals surface area contributed by atoms with Gasteiger partial charge in [0, 0.05) is 16.9 Å². The molecule has 70 heavy (non-hydrogen) atoms. The van der Waals surface area contributed by atoms with Gasteiger partial charge in [0.2, 0.25) is 0 Å². The van der Waals surface area contributed by atoms with Crippen LogP contribution in [0.2, 0.25) is 0 Å². The standard InChI is InChI=1S/C69H47N/c1-6-22-48(23-7-1)49-38-41-55(42-39-49)70(56-43-45-65-62(47-56)60-34-18-20-36-64(60)69(65,53-28-12-4-13-29-53)54-30-14-5-15-31-54)66-37-21-19-32-57(66)52-40-44-59-58-33-16-17-35-61(58)67(50-24-8-2-9-25-50)68(63(59)46-52)51-26-10-3-11-27-51/h1-47H. The molecule has 1 aliphatic carbocycles. The van der Waals surface area contributed by atoms with Crippen molar-refractivity contribution in [2.75, 3.05) is 4.90 Å². The summed E-state index contributed by atoms with van der Waals surface area (Å²) in [6.45, 7) is 0. The van der Waals surface area contributed by atoms with E-state index in [0.717, 1.165) is 28.2 Å². The Balaban J connectivity index is 1.05. The van der Waals surface area contributed by atoms with Crippen LogP contribution in [0.15, 0.2) is 285 Å². The van der Waals surface area contributed by atoms with Crippen molar-refractivity contribution < 1.29 is 0 Å². The summed E-state index contributed by atoms with van der Waals surface area (Å²) < 4.78 is 0. The van der Waals surface area contributed by atoms with Crippen molar-refractivity contribution in [3.05, 3.63) is 307 Å². The quantitative estimate of drug-likeness (QED) is 0.131. The molecule has 0 saturated heterocycles. The molecule has 1 aliphatic rings. The molecular weight excluding hydrogens is 843 g/mol. The fourth-order valence-electron chi connectivity index (χ4n) is 11.5. The Hall–Kier alpha value is -9.04. The van der Waals surface area contributed by atoms with Gasteiger partial charge in [-0.2, -0.15) is 0 Å². The van der Waals surface area contributed by atoms with E-state index in [-0.39, 0.29) is 0 Å². The van der Waals surface area contributed by atoms with Crippen LogP contribution in [0, 0.1) is 0 Å². The second kappa shape index (κ2) is 17.2. The Morgan fingerprint density at radius 3 is 1.33 bits per heavy atom. The number of benzene rings is 12. The lowest BCUT2D eigenvalue weighted by atomic mass is 9.68. The minimum Gasteiger partial charge on any atom is -0.310 e. The fraction of sp³-hybridized carbons (Fsp3) is 0.0145. The van der Waals surface area contributed by atoms with Crippen molar-refractivity contribution in [1.82, 2.24) is 0 Å². The number of rotatable bonds is 9. The molecule has 0 atom stereocenters. The van der Waals surface area contributed by atoms with Crippen LogP contribution < -0.4 is 4.90 Å². The number of nitrogens with zero attached hydrogens (tertiary/aromatic N) is 1. The summed E-state index contributed by atoms with van der Waals surface area (Å²) >= 11 is 0. The smallest absolute Gasteiger partial charge is 0.0713 e. The van der Waals surface area contributed by atoms with Gasteiger partial charge in [-0.3, -0.25) is 0 Å². The second-order valence-corrected chi connectivity index (χ2v) is 18.3. The maximum Gasteiger partial charge on any atom is 0.0713 e. The summed E-state index contributed by atoms with van der Waals surface area (Å²) in [7, 11) is 0. The first-order chi connectivity index (χ1) is 34.8. The highest BCUT2D eigenvalue weighted by molar-refractivity contribution is 6.22. The van der Waals surface area contributed by atoms with E-state index in [0.29, 0.717) is 0 Å². The predicted octanol–water partition coefficient (Wildman–Crippen LogP) is 18.5. The molecule has 0 N–H and O–H groups in total. The zero-order chi connectivity index (χ0) is 46.4. The molecule has 0 fully saturated rings. The third kappa shape index (κ3) is 6.70. The van der Waals surface area contributed by atoms with Gasteiger partial charge in [-0.25, -0.2) is 0 Å². The average molecular weight is 890 g/mol. The van der Waals surface area contributed by atoms with Gasteiger partial charge >= 0.3 is 0 Å². The lowest BCUT2D eigenvalue weighted by Gasteiger charge is -2.34. The number of anilines is 3. The van der Waals surface area contributed by atoms with E-state index in [1.807, 2.05) is 0 Å². The maximum absolute atomic E-state index is 2.47. The Kier molecular flexibility index (Phi) is 10.1. The molecule has 0 amide bonds. The normalized spacial score (nSPS) is 12.4. The van der Waals surface area contributed by atoms with Crippen LogP contribution in [0.1, 0.15) is 22.3 Å². The van der Waals surface area contributed by atoms with Gasteiger partial charge in [0.15, 0.2) is 0 Å². The Morgan fingerprint density at radius 2 is 0.686 bits per heavy atom. The van der Waals surface area contributed by atoms with Crippen LogP contribution in [0.25, 0.3) is 77.2 Å². The summed E-state index contributed by atoms with van der Waals surface area (Å²) in [6.07, 6.45) is 0. The lowest BCUT2D eigenvalue weighted by Crippen LogP contribution is -2.28. The fourth-order valence-corrected chi connectivity index (χ4v) is 11.5. The van der Waals surface area contributed by atoms with Crippen LogP contribution >= 0.6 is 0 Å². The molecule has 13 rings (SSSR count). The second-order valence-electron chi connectivity index (χ2n) is 18.3. The summed E-state index contributed by atoms with van der Waals surface area (Å²) in [6, 6.07) is 105. The molecule has 1 nitrogen and oxygen atoms in total. The van der Waals surface area contributed by atoms with Gasteiger partial charge in [0.25, 0.3) is 0 Å². The molecule has 0 saturated carbocycles. The Labute approximate surface area is 409 Å². The minimum absolute atomic E-state index is 0.489. The van der Waals surface area contributed by atoms with Crippen molar-refractivity contribution in [2.45, 2.75) is 5.41 Å². The zero-order valence-corrected chi connectivity index (χ0v) is 38.6. The monoisotopic (exact) mass is 889 g/mol. The first-order valence-electron chi connectivity index (χ1n) is 24.3. The van der Waals surface area contributed by atoms with Gasteiger partial charge < -0.3 is 4.90 Å². The summed E-state index contributed by atoms with van der Waals surface area (Å²) in [5.74, 6) is 0. The van der Waals surface area contributed by atoms with Gasteiger partial charge in [0.05, 0.1) is 11.1 Å². The van der Waals surface area contributed by atoms with Gasteiger partial charge in [-0.1, -0.05) is 249 Å². The van der Waals surface area contributed by atoms with E-state index in [1.165, 1.54) is 88.3 Å². The van der Waals surface area contributed by atoms with Gasteiger partial charge in [-0.15, -0.1) is 0 Å². The topological polar surface area (TPSA) is 3.24 Å². The molecule has 1 heteroatoms. The molecule has 12 aromatic carbocycles. The average Bonchev–Trinajstić information content (AvgIpc) is 3.74. The number of hydrogen-bond acceptors (Lipinski definition) is 1. The van der Waals surface area contributed by atoms with Crippen LogP contribution in [0.5, 0.6) is 0 Å². The largest absolute Gasteiger partial charge is 0.310 e. The van der Waals surface area contributed by atoms with Gasteiger partial charge in [0.1, 0.15) is 0 Å². The molecule has 0 heterocycles. The molecule has 328 valence electrons. The molecule has 0 unspecified atom stereocenters. The number of hydrogen-bond donors (Lipinski definition) is 0. The van der Waals surface area contributed by atoms with E-state index >= 15 is 0 Å². The van der Waals surface area contributed by atoms with Crippen LogP contribution in [0.4, 0.5) is 17.1 Å². The number of fused-ring (bicyclic) bond motifs is 6. The summed E-state index contributed by atoms with van der Waals surface area (Å²) in [4.78, 5) is 2.47. The van der Waals surface area contributed by atoms with Crippen molar-refractivity contribution in [3.8, 4) is 55.6 Å². The van der Waals surface area contributed by atoms with Crippen LogP contribution in [0.3, 0.4) is 0 Å². The van der Waals surface area contributed by atoms with E-state index < -0.39 is 5.41 Å². The maximum atomic E-state index is 2.47. The van der Waals surface area contributed by atoms with Gasteiger partial charge in [-0.05, 0) is 130 Å². The highest BCUT2D eigenvalue weighted by atomic mass is 15.1. The molecule has 12 aromatic rings. The van der Waals surface area contributed by atoms with Crippen LogP contribution in [-0.4, -0.2) is 0 Å². The Bertz CT molecular complexity index is 3800. The van der Waals surface area contributed by atoms with Crippen molar-refractivity contribution in [3.63, 3.8) is 0 Å². The highest BCUT2D eigenvalue weighted by Gasteiger charge is 2.46. The highest BCUT2D eigenvalue weighted by Crippen LogP contribution is 2.57. The third-order valence-corrected chi connectivity index (χ3v) is 14.5. The SMILES string of the molecule is c1ccc(-c2ccc(N(c3ccc4c(c3)-c3ccccc3C4(c3ccccc3)c3ccccc3)c3ccccc3-c3ccc4c(c3)c(-c3ccccc3)c(-c3ccccc3)c3ccccc34)cc2)cc1. The lowest BCUT2D eigenvalue weighted by molar-refractivity contribution is 0.768. The minimum atomic E-state index is -0.489. The van der Waals surface area contributed by atoms with Crippen molar-refractivity contribution >= 4 is 38.6 Å². The first kappa shape index (κ1) is 41.2. The van der Waals surface area contributed by atoms with E-state index in [9.17, 15) is 0 Å². The Morgan fingerprint density at radius 1 is 0.243 bits per heavy atom. The van der Waals surface area contributed by atoms with E-state index in [1.54, 1.807) is 0 Å². The van der Waals surface area contributed by atoms with E-state index in [2.05, 4.69) is 290 Å². The summed E-state index contributed by atoms with van der Waals surface area (Å²) in [5, 5.41) is 4.96. The molecule has 0 aliphatic heterocycles. The van der Waals surface area contributed by atoms with Crippen LogP contribution in [-0.2, 0) is 5.41 Å². The van der Waals surface area contributed by atoms with Crippen molar-refractivity contribution in [2.24, 2.45) is 0 Å². The molecular formula is C69H47N. The molecule has 0 aromatic heterocycles. The molecule has 0 bridgehead atoms. The zero-order valence-electron chi connectivity index (χ0n) is 38.6. The third-order valence-electron chi connectivity index (χ3n) is 14.5. The first-order valence-corrected chi connectivity index (χ1v) is 24.3. The van der Waals surface area contributed by atoms with Crippen molar-refractivity contribution in [1.29, 1.82) is 0 Å². The molecule has 0 radical (unpaired) electrons. The predicted molar refractivity (Wildman–Crippen MR) is 295 cm³/mol. The number of para-hydroxylation sites is 1. The summed E-state index contributed by atoms with van der Waals surface area (Å²) in [5.41, 5.74) is 19.9. The van der Waals surface area contributed by atoms with E-state index in [4.69, 9.17) is 0 Å². The molecule has 0 spiro atoms.